The van der Waals surface area contributed by atoms with Gasteiger partial charge in [0.25, 0.3) is 0 Å². The Morgan fingerprint density at radius 2 is 1.15 bits per heavy atom. The summed E-state index contributed by atoms with van der Waals surface area (Å²) in [6.07, 6.45) is 1.76. The molecule has 0 aliphatic carbocycles. The summed E-state index contributed by atoms with van der Waals surface area (Å²) in [6, 6.07) is 46.6. The quantitative estimate of drug-likeness (QED) is 0.175. The Balaban J connectivity index is 1.34. The van der Waals surface area contributed by atoms with Crippen LogP contribution in [0.25, 0.3) is 83.9 Å². The van der Waals surface area contributed by atoms with Crippen LogP contribution < -0.4 is 0 Å². The molecule has 9 aromatic rings. The van der Waals surface area contributed by atoms with Crippen molar-refractivity contribution >= 4 is 11.0 Å². The zero-order chi connectivity index (χ0) is 45.9. The van der Waals surface area contributed by atoms with E-state index in [0.717, 1.165) is 50.1 Å². The summed E-state index contributed by atoms with van der Waals surface area (Å²) < 4.78 is 45.6. The van der Waals surface area contributed by atoms with E-state index in [4.69, 9.17) is 16.8 Å². The molecule has 0 radical (unpaired) electrons. The van der Waals surface area contributed by atoms with Gasteiger partial charge in [-0.15, -0.1) is 0 Å². The molecule has 0 unspecified atom stereocenters. The van der Waals surface area contributed by atoms with Crippen LogP contribution in [0, 0.1) is 0 Å². The smallest absolute Gasteiger partial charge is 0.149 e. The van der Waals surface area contributed by atoms with E-state index in [0.29, 0.717) is 39.3 Å². The van der Waals surface area contributed by atoms with Crippen molar-refractivity contribution in [2.75, 3.05) is 0 Å². The normalized spacial score (nSPS) is 13.1. The number of phenolic OH excluding ortho intramolecular Hbond substituents is 1. The van der Waals surface area contributed by atoms with Crippen molar-refractivity contribution in [2.24, 2.45) is 0 Å². The number of benzene rings is 7. The average molecular weight is 785 g/mol. The minimum atomic E-state index is -0.453. The lowest BCUT2D eigenvalue weighted by Crippen LogP contribution is -2.17. The first-order valence-corrected chi connectivity index (χ1v) is 20.3. The predicted octanol–water partition coefficient (Wildman–Crippen LogP) is 14.7. The number of phenols is 1. The van der Waals surface area contributed by atoms with Gasteiger partial charge in [0.2, 0.25) is 0 Å². The molecule has 2 aromatic heterocycles. The lowest BCUT2D eigenvalue weighted by Gasteiger charge is -2.27. The Hall–Kier alpha value is -7.04. The van der Waals surface area contributed by atoms with Crippen molar-refractivity contribution in [3.05, 3.63) is 193 Å². The highest BCUT2D eigenvalue weighted by Gasteiger charge is 2.28. The molecule has 1 N–H and O–H groups in total. The van der Waals surface area contributed by atoms with Crippen molar-refractivity contribution < 1.29 is 12.0 Å². The summed E-state index contributed by atoms with van der Waals surface area (Å²) >= 11 is 0. The van der Waals surface area contributed by atoms with Crippen LogP contribution in [0.1, 0.15) is 59.5 Å². The number of rotatable bonds is 7. The zero-order valence-corrected chi connectivity index (χ0v) is 34.7. The van der Waals surface area contributed by atoms with E-state index in [9.17, 15) is 5.11 Å². The van der Waals surface area contributed by atoms with Gasteiger partial charge in [0, 0.05) is 28.6 Å². The van der Waals surface area contributed by atoms with Crippen molar-refractivity contribution in [3.8, 4) is 78.6 Å². The van der Waals surface area contributed by atoms with E-state index in [1.54, 1.807) is 6.20 Å². The van der Waals surface area contributed by atoms with Crippen LogP contribution in [-0.2, 0) is 10.8 Å². The van der Waals surface area contributed by atoms with E-state index >= 15 is 0 Å². The number of hydrogen-bond donors (Lipinski definition) is 1. The van der Waals surface area contributed by atoms with Gasteiger partial charge in [-0.2, -0.15) is 0 Å². The highest BCUT2D eigenvalue weighted by molar-refractivity contribution is 5.98. The van der Waals surface area contributed by atoms with Crippen LogP contribution >= 0.6 is 0 Å². The molecule has 0 fully saturated rings. The van der Waals surface area contributed by atoms with Crippen molar-refractivity contribution in [2.45, 2.75) is 52.4 Å². The molecule has 9 rings (SSSR count). The van der Waals surface area contributed by atoms with Crippen LogP contribution in [0.2, 0.25) is 0 Å². The molecule has 4 heteroatoms. The number of nitrogens with zero attached hydrogens (tertiary/aromatic N) is 3. The number of aromatic nitrogens is 3. The van der Waals surface area contributed by atoms with Crippen LogP contribution in [0.5, 0.6) is 5.75 Å². The first kappa shape index (κ1) is 32.9. The van der Waals surface area contributed by atoms with Crippen LogP contribution in [0.3, 0.4) is 0 Å². The third kappa shape index (κ3) is 7.42. The molecule has 0 spiro atoms. The van der Waals surface area contributed by atoms with Crippen molar-refractivity contribution in [1.29, 1.82) is 0 Å². The van der Waals surface area contributed by atoms with Gasteiger partial charge < -0.3 is 5.11 Å². The van der Waals surface area contributed by atoms with E-state index < -0.39 is 18.1 Å². The van der Waals surface area contributed by atoms with Crippen LogP contribution in [-0.4, -0.2) is 19.6 Å². The van der Waals surface area contributed by atoms with E-state index in [1.165, 1.54) is 0 Å². The Bertz CT molecular complexity index is 3250. The maximum Gasteiger partial charge on any atom is 0.149 e. The molecule has 60 heavy (non-hydrogen) atoms. The SMILES string of the molecule is [2H]c1c([2H])c([2H])c(-c2cc(-c3cc(-c4ccccc4)ccn3)cc(-c3cccc4c3nc(-c3cc(C(C)(C)C)cc(C(C)(C)C)c3O)n4-c3ccc(-c4ccccc4)cc3)c2)c([2H])c1[2H]. The Kier molecular flexibility index (Phi) is 8.37. The van der Waals surface area contributed by atoms with Crippen molar-refractivity contribution in [3.63, 3.8) is 0 Å². The second kappa shape index (κ2) is 15.3. The predicted molar refractivity (Wildman–Crippen MR) is 251 cm³/mol. The fraction of sp³-hybridized carbons (Fsp3) is 0.143. The number of pyridine rings is 1. The number of imidazole rings is 1. The number of para-hydroxylation sites is 1. The molecule has 4 nitrogen and oxygen atoms in total. The van der Waals surface area contributed by atoms with Gasteiger partial charge in [-0.1, -0.05) is 163 Å². The minimum Gasteiger partial charge on any atom is -0.507 e. The fourth-order valence-electron chi connectivity index (χ4n) is 7.89. The summed E-state index contributed by atoms with van der Waals surface area (Å²) in [5, 5.41) is 12.3. The van der Waals surface area contributed by atoms with E-state index in [-0.39, 0.29) is 34.2 Å². The van der Waals surface area contributed by atoms with Gasteiger partial charge in [-0.3, -0.25) is 9.55 Å². The summed E-state index contributed by atoms with van der Waals surface area (Å²) in [6.45, 7) is 12.8. The third-order valence-corrected chi connectivity index (χ3v) is 11.1. The first-order chi connectivity index (χ1) is 31.0. The van der Waals surface area contributed by atoms with Gasteiger partial charge >= 0.3 is 0 Å². The van der Waals surface area contributed by atoms with E-state index in [2.05, 4.69) is 94.6 Å². The second-order valence-electron chi connectivity index (χ2n) is 17.4. The van der Waals surface area contributed by atoms with Crippen molar-refractivity contribution in [1.82, 2.24) is 14.5 Å². The first-order valence-electron chi connectivity index (χ1n) is 22.8. The minimum absolute atomic E-state index is 0.0915. The molecule has 294 valence electrons. The monoisotopic (exact) mass is 784 g/mol. The van der Waals surface area contributed by atoms with Gasteiger partial charge in [-0.25, -0.2) is 4.98 Å². The highest BCUT2D eigenvalue weighted by atomic mass is 16.3. The van der Waals surface area contributed by atoms with Crippen LogP contribution in [0.15, 0.2) is 182 Å². The van der Waals surface area contributed by atoms with Gasteiger partial charge in [0.15, 0.2) is 0 Å². The molecule has 0 amide bonds. The van der Waals surface area contributed by atoms with Gasteiger partial charge in [0.05, 0.1) is 29.1 Å². The fourth-order valence-corrected chi connectivity index (χ4v) is 7.89. The highest BCUT2D eigenvalue weighted by Crippen LogP contribution is 2.45. The third-order valence-electron chi connectivity index (χ3n) is 11.1. The zero-order valence-electron chi connectivity index (χ0n) is 39.7. The molecule has 7 aromatic carbocycles. The molecule has 2 heterocycles. The number of hydrogen-bond acceptors (Lipinski definition) is 3. The average Bonchev–Trinajstić information content (AvgIpc) is 3.70. The molecule has 0 aliphatic heterocycles. The second-order valence-corrected chi connectivity index (χ2v) is 17.4. The molecule has 0 saturated heterocycles. The largest absolute Gasteiger partial charge is 0.507 e. The summed E-state index contributed by atoms with van der Waals surface area (Å²) in [5.74, 6) is 0.729. The van der Waals surface area contributed by atoms with Crippen LogP contribution in [0.4, 0.5) is 0 Å². The summed E-state index contributed by atoms with van der Waals surface area (Å²) in [5.41, 5.74) is 11.6. The van der Waals surface area contributed by atoms with Gasteiger partial charge in [-0.05, 0) is 110 Å². The Morgan fingerprint density at radius 1 is 0.517 bits per heavy atom. The lowest BCUT2D eigenvalue weighted by atomic mass is 9.79. The molecular weight excluding hydrogens is 731 g/mol. The molecule has 0 saturated carbocycles. The number of fused-ring (bicyclic) bond motifs is 1. The standard InChI is InChI=1S/C56H49N3O/c1-55(2,3)45-35-48(53(60)49(36-45)56(4,5)6)54-58-52-47(23-16-24-51(52)59(54)46-27-25-40(26-28-46)37-17-10-7-11-18-37)43-31-42(39-21-14-9-15-22-39)32-44(33-43)50-34-41(29-30-57-50)38-19-12-8-13-20-38/h7-36,60H,1-6H3/i9D,14D,15D,21D,22D. The lowest BCUT2D eigenvalue weighted by molar-refractivity contribution is 0.446. The summed E-state index contributed by atoms with van der Waals surface area (Å²) in [4.78, 5) is 10.3. The molecule has 0 aliphatic rings. The Morgan fingerprint density at radius 3 is 1.82 bits per heavy atom. The maximum absolute atomic E-state index is 12.3. The molecule has 0 atom stereocenters. The topological polar surface area (TPSA) is 50.9 Å². The molecular formula is C56H49N3O. The van der Waals surface area contributed by atoms with Gasteiger partial charge in [0.1, 0.15) is 11.6 Å². The summed E-state index contributed by atoms with van der Waals surface area (Å²) in [7, 11) is 0. The maximum atomic E-state index is 12.3. The molecule has 0 bridgehead atoms. The number of aromatic hydroxyl groups is 1. The van der Waals surface area contributed by atoms with E-state index in [1.807, 2.05) is 97.1 Å². The Labute approximate surface area is 360 Å².